The van der Waals surface area contributed by atoms with Crippen molar-refractivity contribution in [2.24, 2.45) is 0 Å². The van der Waals surface area contributed by atoms with Gasteiger partial charge in [0.1, 0.15) is 5.78 Å². The SMILES string of the molecule is CC(=O)CC(=O)N1[C@@H](C)CCC[C@@H]1C. The van der Waals surface area contributed by atoms with Crippen molar-refractivity contribution in [1.82, 2.24) is 4.90 Å². The molecule has 3 heteroatoms. The Labute approximate surface area is 85.5 Å². The maximum absolute atomic E-state index is 11.7. The van der Waals surface area contributed by atoms with Crippen LogP contribution in [0.3, 0.4) is 0 Å². The van der Waals surface area contributed by atoms with E-state index in [4.69, 9.17) is 0 Å². The summed E-state index contributed by atoms with van der Waals surface area (Å²) >= 11 is 0. The molecule has 1 saturated heterocycles. The summed E-state index contributed by atoms with van der Waals surface area (Å²) in [6.07, 6.45) is 3.38. The molecule has 1 heterocycles. The van der Waals surface area contributed by atoms with Gasteiger partial charge >= 0.3 is 0 Å². The van der Waals surface area contributed by atoms with Crippen LogP contribution in [0.25, 0.3) is 0 Å². The summed E-state index contributed by atoms with van der Waals surface area (Å²) in [7, 11) is 0. The van der Waals surface area contributed by atoms with Gasteiger partial charge in [0.2, 0.25) is 5.91 Å². The van der Waals surface area contributed by atoms with Crippen molar-refractivity contribution in [2.45, 2.75) is 58.5 Å². The molecule has 80 valence electrons. The monoisotopic (exact) mass is 197 g/mol. The summed E-state index contributed by atoms with van der Waals surface area (Å²) in [6, 6.07) is 0.594. The molecule has 0 aromatic heterocycles. The average Bonchev–Trinajstić information content (AvgIpc) is 2.01. The third-order valence-corrected chi connectivity index (χ3v) is 2.88. The Bertz CT molecular complexity index is 227. The molecule has 0 aromatic carbocycles. The standard InChI is InChI=1S/C11H19NO2/c1-8-5-4-6-9(2)12(8)11(14)7-10(3)13/h8-9H,4-7H2,1-3H3/t8-,9-/m0/s1. The van der Waals surface area contributed by atoms with E-state index in [-0.39, 0.29) is 18.1 Å². The number of amides is 1. The number of carbonyl (C=O) groups excluding carboxylic acids is 2. The summed E-state index contributed by atoms with van der Waals surface area (Å²) in [5.41, 5.74) is 0. The van der Waals surface area contributed by atoms with E-state index >= 15 is 0 Å². The van der Waals surface area contributed by atoms with Gasteiger partial charge in [-0.2, -0.15) is 0 Å². The molecule has 0 saturated carbocycles. The topological polar surface area (TPSA) is 37.4 Å². The first kappa shape index (κ1) is 11.2. The molecule has 3 nitrogen and oxygen atoms in total. The Kier molecular flexibility index (Phi) is 3.67. The van der Waals surface area contributed by atoms with E-state index < -0.39 is 0 Å². The van der Waals surface area contributed by atoms with Gasteiger partial charge in [0.05, 0.1) is 6.42 Å². The predicted molar refractivity (Wildman–Crippen MR) is 54.9 cm³/mol. The van der Waals surface area contributed by atoms with E-state index in [0.29, 0.717) is 12.1 Å². The molecule has 1 rings (SSSR count). The fourth-order valence-corrected chi connectivity index (χ4v) is 2.22. The number of Topliss-reactive ketones (excluding diaryl/α,β-unsaturated/α-hetero) is 1. The first-order valence-corrected chi connectivity index (χ1v) is 5.33. The van der Waals surface area contributed by atoms with Gasteiger partial charge in [-0.1, -0.05) is 0 Å². The summed E-state index contributed by atoms with van der Waals surface area (Å²) < 4.78 is 0. The average molecular weight is 197 g/mol. The predicted octanol–water partition coefficient (Wildman–Crippen LogP) is 1.75. The number of nitrogens with zero attached hydrogens (tertiary/aromatic N) is 1. The van der Waals surface area contributed by atoms with Gasteiger partial charge in [-0.15, -0.1) is 0 Å². The maximum Gasteiger partial charge on any atom is 0.230 e. The molecule has 0 radical (unpaired) electrons. The van der Waals surface area contributed by atoms with Gasteiger partial charge in [0.15, 0.2) is 0 Å². The molecule has 0 aliphatic carbocycles. The maximum atomic E-state index is 11.7. The molecule has 0 N–H and O–H groups in total. The van der Waals surface area contributed by atoms with Crippen LogP contribution in [0.4, 0.5) is 0 Å². The van der Waals surface area contributed by atoms with Crippen molar-refractivity contribution in [3.63, 3.8) is 0 Å². The van der Waals surface area contributed by atoms with Gasteiger partial charge in [-0.3, -0.25) is 9.59 Å². The fourth-order valence-electron chi connectivity index (χ4n) is 2.22. The zero-order valence-electron chi connectivity index (χ0n) is 9.25. The fraction of sp³-hybridized carbons (Fsp3) is 0.818. The lowest BCUT2D eigenvalue weighted by atomic mass is 9.97. The lowest BCUT2D eigenvalue weighted by molar-refractivity contribution is -0.139. The van der Waals surface area contributed by atoms with Crippen molar-refractivity contribution in [2.75, 3.05) is 0 Å². The van der Waals surface area contributed by atoms with Gasteiger partial charge < -0.3 is 4.90 Å². The molecule has 1 fully saturated rings. The molecule has 1 aliphatic rings. The van der Waals surface area contributed by atoms with Crippen molar-refractivity contribution in [1.29, 1.82) is 0 Å². The second-order valence-corrected chi connectivity index (χ2v) is 4.31. The number of carbonyl (C=O) groups is 2. The van der Waals surface area contributed by atoms with E-state index in [2.05, 4.69) is 13.8 Å². The van der Waals surface area contributed by atoms with Crippen LogP contribution >= 0.6 is 0 Å². The van der Waals surface area contributed by atoms with Crippen LogP contribution in [-0.2, 0) is 9.59 Å². The summed E-state index contributed by atoms with van der Waals surface area (Å²) in [4.78, 5) is 24.5. The molecular formula is C11H19NO2. The Morgan fingerprint density at radius 1 is 1.21 bits per heavy atom. The highest BCUT2D eigenvalue weighted by Crippen LogP contribution is 2.23. The molecule has 14 heavy (non-hydrogen) atoms. The summed E-state index contributed by atoms with van der Waals surface area (Å²) in [5, 5.41) is 0. The third kappa shape index (κ3) is 2.56. The molecule has 0 unspecified atom stereocenters. The van der Waals surface area contributed by atoms with Crippen LogP contribution in [0.1, 0.15) is 46.5 Å². The quantitative estimate of drug-likeness (QED) is 0.632. The zero-order valence-corrected chi connectivity index (χ0v) is 9.25. The van der Waals surface area contributed by atoms with Crippen LogP contribution < -0.4 is 0 Å². The smallest absolute Gasteiger partial charge is 0.230 e. The molecular weight excluding hydrogens is 178 g/mol. The summed E-state index contributed by atoms with van der Waals surface area (Å²) in [5.74, 6) is -0.0443. The minimum absolute atomic E-state index is 0.00259. The lowest BCUT2D eigenvalue weighted by Gasteiger charge is -2.39. The van der Waals surface area contributed by atoms with Gasteiger partial charge in [0, 0.05) is 12.1 Å². The molecule has 0 bridgehead atoms. The number of rotatable bonds is 2. The minimum atomic E-state index is -0.0417. The van der Waals surface area contributed by atoms with Gasteiger partial charge in [-0.25, -0.2) is 0 Å². The number of hydrogen-bond acceptors (Lipinski definition) is 2. The summed E-state index contributed by atoms with van der Waals surface area (Å²) in [6.45, 7) is 5.60. The number of hydrogen-bond donors (Lipinski definition) is 0. The first-order chi connectivity index (χ1) is 6.52. The van der Waals surface area contributed by atoms with E-state index in [1.54, 1.807) is 0 Å². The first-order valence-electron chi connectivity index (χ1n) is 5.33. The van der Waals surface area contributed by atoms with Crippen LogP contribution in [0.5, 0.6) is 0 Å². The van der Waals surface area contributed by atoms with Crippen LogP contribution in [0, 0.1) is 0 Å². The van der Waals surface area contributed by atoms with Gasteiger partial charge in [-0.05, 0) is 40.0 Å². The van der Waals surface area contributed by atoms with Crippen LogP contribution in [-0.4, -0.2) is 28.7 Å². The van der Waals surface area contributed by atoms with E-state index in [9.17, 15) is 9.59 Å². The van der Waals surface area contributed by atoms with E-state index in [0.717, 1.165) is 12.8 Å². The highest BCUT2D eigenvalue weighted by molar-refractivity contribution is 5.97. The Morgan fingerprint density at radius 3 is 2.14 bits per heavy atom. The third-order valence-electron chi connectivity index (χ3n) is 2.88. The van der Waals surface area contributed by atoms with Crippen molar-refractivity contribution in [3.8, 4) is 0 Å². The Hall–Kier alpha value is -0.860. The lowest BCUT2D eigenvalue weighted by Crippen LogP contribution is -2.47. The minimum Gasteiger partial charge on any atom is -0.337 e. The number of ketones is 1. The second kappa shape index (κ2) is 4.58. The van der Waals surface area contributed by atoms with Gasteiger partial charge in [0.25, 0.3) is 0 Å². The van der Waals surface area contributed by atoms with E-state index in [1.165, 1.54) is 13.3 Å². The molecule has 1 aliphatic heterocycles. The molecule has 1 amide bonds. The molecule has 0 spiro atoms. The van der Waals surface area contributed by atoms with Crippen LogP contribution in [0.15, 0.2) is 0 Å². The Balaban J connectivity index is 2.62. The zero-order chi connectivity index (χ0) is 10.7. The Morgan fingerprint density at radius 2 is 1.71 bits per heavy atom. The normalized spacial score (nSPS) is 27.5. The van der Waals surface area contributed by atoms with E-state index in [1.807, 2.05) is 4.90 Å². The molecule has 0 aromatic rings. The molecule has 2 atom stereocenters. The second-order valence-electron chi connectivity index (χ2n) is 4.31. The highest BCUT2D eigenvalue weighted by Gasteiger charge is 2.28. The van der Waals surface area contributed by atoms with Crippen molar-refractivity contribution in [3.05, 3.63) is 0 Å². The number of likely N-dealkylation sites (tertiary alicyclic amines) is 1. The highest BCUT2D eigenvalue weighted by atomic mass is 16.2. The van der Waals surface area contributed by atoms with Crippen molar-refractivity contribution < 1.29 is 9.59 Å². The van der Waals surface area contributed by atoms with Crippen LogP contribution in [0.2, 0.25) is 0 Å². The largest absolute Gasteiger partial charge is 0.337 e. The van der Waals surface area contributed by atoms with Crippen molar-refractivity contribution >= 4 is 11.7 Å². The number of piperidine rings is 1.